The lowest BCUT2D eigenvalue weighted by Crippen LogP contribution is -2.52. The van der Waals surface area contributed by atoms with Gasteiger partial charge in [-0.2, -0.15) is 0 Å². The summed E-state index contributed by atoms with van der Waals surface area (Å²) in [5, 5.41) is 25.9. The average Bonchev–Trinajstić information content (AvgIpc) is 3.21. The Morgan fingerprint density at radius 2 is 1.53 bits per heavy atom. The minimum atomic E-state index is -1.16. The molecule has 20 heteroatoms. The second-order valence-electron chi connectivity index (χ2n) is 12.8. The van der Waals surface area contributed by atoms with E-state index in [1.165, 1.54) is 36.4 Å². The van der Waals surface area contributed by atoms with E-state index in [-0.39, 0.29) is 41.3 Å². The quantitative estimate of drug-likeness (QED) is 0.0211. The van der Waals surface area contributed by atoms with Crippen LogP contribution in [0.4, 0.5) is 21.0 Å². The van der Waals surface area contributed by atoms with Crippen LogP contribution in [0.25, 0.3) is 0 Å². The highest BCUT2D eigenvalue weighted by Gasteiger charge is 2.23. The van der Waals surface area contributed by atoms with E-state index in [4.69, 9.17) is 14.2 Å². The lowest BCUT2D eigenvalue weighted by atomic mass is 10.1. The van der Waals surface area contributed by atoms with Crippen molar-refractivity contribution in [2.45, 2.75) is 25.5 Å². The Balaban J connectivity index is 1.63. The van der Waals surface area contributed by atoms with Gasteiger partial charge in [0.25, 0.3) is 11.6 Å². The Morgan fingerprint density at radius 3 is 2.20 bits per heavy atom. The SMILES string of the molecule is C=CCOC(=O)NCC(=O)NCC(=O)N[C@@H](Cc1ccccc1)C(=O)NCC(=O)Nc1ccc(COC(=O)Oc2ccc([N+](=O)[O-])cc2)c(C(=O)NCCCN(C)C)c1. The first-order valence-corrected chi connectivity index (χ1v) is 18.1. The summed E-state index contributed by atoms with van der Waals surface area (Å²) >= 11 is 0. The fourth-order valence-electron chi connectivity index (χ4n) is 4.96. The predicted octanol–water partition coefficient (Wildman–Crippen LogP) is 1.80. The summed E-state index contributed by atoms with van der Waals surface area (Å²) < 4.78 is 15.0. The van der Waals surface area contributed by atoms with Crippen LogP contribution < -0.4 is 36.6 Å². The maximum atomic E-state index is 13.3. The highest BCUT2D eigenvalue weighted by Crippen LogP contribution is 2.20. The molecule has 0 heterocycles. The first kappa shape index (κ1) is 46.0. The smallest absolute Gasteiger partial charge is 0.445 e. The molecule has 0 saturated heterocycles. The third-order valence-electron chi connectivity index (χ3n) is 7.83. The van der Waals surface area contributed by atoms with Gasteiger partial charge in [0.1, 0.15) is 31.5 Å². The van der Waals surface area contributed by atoms with Gasteiger partial charge in [-0.1, -0.05) is 49.1 Å². The number of benzene rings is 3. The van der Waals surface area contributed by atoms with Gasteiger partial charge in [0, 0.05) is 41.9 Å². The van der Waals surface area contributed by atoms with Crippen molar-refractivity contribution >= 4 is 53.2 Å². The number of ether oxygens (including phenoxy) is 3. The molecule has 3 aromatic rings. The maximum Gasteiger partial charge on any atom is 0.514 e. The van der Waals surface area contributed by atoms with Crippen LogP contribution in [0.3, 0.4) is 0 Å². The van der Waals surface area contributed by atoms with Gasteiger partial charge < -0.3 is 51.0 Å². The van der Waals surface area contributed by atoms with Crippen molar-refractivity contribution in [2.24, 2.45) is 0 Å². The van der Waals surface area contributed by atoms with Crippen LogP contribution in [-0.4, -0.2) is 111 Å². The number of nitro benzene ring substituents is 1. The van der Waals surface area contributed by atoms with Gasteiger partial charge in [-0.15, -0.1) is 0 Å². The van der Waals surface area contributed by atoms with Crippen molar-refractivity contribution in [3.05, 3.63) is 112 Å². The average molecular weight is 819 g/mol. The van der Waals surface area contributed by atoms with Crippen LogP contribution >= 0.6 is 0 Å². The van der Waals surface area contributed by atoms with Gasteiger partial charge in [-0.3, -0.25) is 34.1 Å². The molecule has 0 saturated carbocycles. The molecule has 0 aliphatic heterocycles. The van der Waals surface area contributed by atoms with E-state index in [2.05, 4.69) is 38.5 Å². The number of carbonyl (C=O) groups is 7. The Labute approximate surface area is 339 Å². The van der Waals surface area contributed by atoms with Crippen molar-refractivity contribution in [2.75, 3.05) is 58.7 Å². The summed E-state index contributed by atoms with van der Waals surface area (Å²) in [6.45, 7) is 2.45. The molecular weight excluding hydrogens is 772 g/mol. The number of non-ortho nitro benzene ring substituents is 1. The third kappa shape index (κ3) is 17.5. The molecule has 0 aromatic heterocycles. The second kappa shape index (κ2) is 24.3. The molecule has 0 unspecified atom stereocenters. The number of alkyl carbamates (subject to hydrolysis) is 1. The maximum absolute atomic E-state index is 13.3. The van der Waals surface area contributed by atoms with Crippen molar-refractivity contribution in [1.82, 2.24) is 31.5 Å². The van der Waals surface area contributed by atoms with Crippen molar-refractivity contribution in [3.63, 3.8) is 0 Å². The number of nitrogens with one attached hydrogen (secondary N) is 6. The first-order chi connectivity index (χ1) is 28.2. The fourth-order valence-corrected chi connectivity index (χ4v) is 4.96. The van der Waals surface area contributed by atoms with Gasteiger partial charge in [-0.05, 0) is 56.9 Å². The van der Waals surface area contributed by atoms with E-state index < -0.39 is 79.0 Å². The summed E-state index contributed by atoms with van der Waals surface area (Å²) in [7, 11) is 3.78. The van der Waals surface area contributed by atoms with Crippen LogP contribution in [-0.2, 0) is 41.7 Å². The number of hydrogen-bond acceptors (Lipinski definition) is 13. The topological polar surface area (TPSA) is 266 Å². The van der Waals surface area contributed by atoms with Crippen molar-refractivity contribution in [3.8, 4) is 5.75 Å². The lowest BCUT2D eigenvalue weighted by Gasteiger charge is -2.19. The zero-order valence-corrected chi connectivity index (χ0v) is 32.4. The number of nitrogens with zero attached hydrogens (tertiary/aromatic N) is 2. The van der Waals surface area contributed by atoms with Crippen molar-refractivity contribution in [1.29, 1.82) is 0 Å². The highest BCUT2D eigenvalue weighted by molar-refractivity contribution is 6.00. The van der Waals surface area contributed by atoms with Gasteiger partial charge in [0.2, 0.25) is 23.6 Å². The number of carbonyl (C=O) groups excluding carboxylic acids is 7. The lowest BCUT2D eigenvalue weighted by molar-refractivity contribution is -0.384. The summed E-state index contributed by atoms with van der Waals surface area (Å²) in [6, 6.07) is 16.6. The molecule has 0 radical (unpaired) electrons. The molecular formula is C39H46N8O12. The number of rotatable bonds is 22. The van der Waals surface area contributed by atoms with Crippen LogP contribution in [0.2, 0.25) is 0 Å². The van der Waals surface area contributed by atoms with Gasteiger partial charge >= 0.3 is 12.2 Å². The normalized spacial score (nSPS) is 10.9. The largest absolute Gasteiger partial charge is 0.514 e. The molecule has 0 aliphatic carbocycles. The molecule has 6 amide bonds. The number of nitro groups is 1. The minimum Gasteiger partial charge on any atom is -0.445 e. The fraction of sp³-hybridized carbons (Fsp3) is 0.308. The van der Waals surface area contributed by atoms with Crippen LogP contribution in [0.5, 0.6) is 5.75 Å². The molecule has 3 aromatic carbocycles. The monoisotopic (exact) mass is 818 g/mol. The number of hydrogen-bond donors (Lipinski definition) is 6. The second-order valence-corrected chi connectivity index (χ2v) is 12.8. The minimum absolute atomic E-state index is 0.00271. The Morgan fingerprint density at radius 1 is 0.831 bits per heavy atom. The molecule has 1 atom stereocenters. The number of anilines is 1. The van der Waals surface area contributed by atoms with Gasteiger partial charge in [0.05, 0.1) is 18.0 Å². The van der Waals surface area contributed by atoms with Crippen molar-refractivity contribution < 1.29 is 52.7 Å². The van der Waals surface area contributed by atoms with E-state index in [0.29, 0.717) is 25.1 Å². The third-order valence-corrected chi connectivity index (χ3v) is 7.83. The Bertz CT molecular complexity index is 1960. The predicted molar refractivity (Wildman–Crippen MR) is 212 cm³/mol. The van der Waals surface area contributed by atoms with E-state index in [9.17, 15) is 43.7 Å². The highest BCUT2D eigenvalue weighted by atomic mass is 16.7. The molecule has 0 bridgehead atoms. The van der Waals surface area contributed by atoms with E-state index in [1.807, 2.05) is 19.0 Å². The molecule has 20 nitrogen and oxygen atoms in total. The van der Waals surface area contributed by atoms with Gasteiger partial charge in [-0.25, -0.2) is 9.59 Å². The molecule has 0 spiro atoms. The zero-order valence-electron chi connectivity index (χ0n) is 32.4. The molecule has 3 rings (SSSR count). The van der Waals surface area contributed by atoms with Crippen LogP contribution in [0, 0.1) is 10.1 Å². The summed E-state index contributed by atoms with van der Waals surface area (Å²) in [4.78, 5) is 101. The molecule has 0 aliphatic rings. The first-order valence-electron chi connectivity index (χ1n) is 18.1. The molecule has 59 heavy (non-hydrogen) atoms. The Kier molecular flexibility index (Phi) is 19.0. The summed E-state index contributed by atoms with van der Waals surface area (Å²) in [5.41, 5.74) is 1.00. The zero-order chi connectivity index (χ0) is 43.2. The number of amides is 6. The van der Waals surface area contributed by atoms with Gasteiger partial charge in [0.15, 0.2) is 0 Å². The molecule has 0 fully saturated rings. The van der Waals surface area contributed by atoms with E-state index in [1.54, 1.807) is 30.3 Å². The summed E-state index contributed by atoms with van der Waals surface area (Å²) in [6.07, 6.45) is 0.0433. The molecule has 314 valence electrons. The van der Waals surface area contributed by atoms with E-state index >= 15 is 0 Å². The molecule has 6 N–H and O–H groups in total. The van der Waals surface area contributed by atoms with Crippen LogP contribution in [0.15, 0.2) is 85.5 Å². The van der Waals surface area contributed by atoms with E-state index in [0.717, 1.165) is 12.1 Å². The standard InChI is InChI=1S/C39H46N8O12/c1-4-19-57-38(53)43-22-33(48)41-23-35(50)45-32(20-26-9-6-5-7-10-26)37(52)42-24-34(49)44-28-12-11-27(31(21-28)36(51)40-17-8-18-46(2)3)25-58-39(54)59-30-15-13-29(14-16-30)47(55)56/h4-7,9-16,21,32H,1,8,17-20,22-25H2,2-3H3,(H,40,51)(H,41,48)(H,42,52)(H,43,53)(H,44,49)(H,45,50)/t32-/m0/s1. The summed E-state index contributed by atoms with van der Waals surface area (Å²) in [5.74, 6) is -3.32. The van der Waals surface area contributed by atoms with Crippen LogP contribution in [0.1, 0.15) is 27.9 Å². The Hall–Kier alpha value is -7.35.